The summed E-state index contributed by atoms with van der Waals surface area (Å²) in [5, 5.41) is 11.8. The summed E-state index contributed by atoms with van der Waals surface area (Å²) in [5.74, 6) is -1.15. The molecule has 1 saturated carbocycles. The van der Waals surface area contributed by atoms with Gasteiger partial charge in [-0.1, -0.05) is 6.07 Å². The summed E-state index contributed by atoms with van der Waals surface area (Å²) < 4.78 is 32.5. The van der Waals surface area contributed by atoms with Crippen LogP contribution in [-0.2, 0) is 19.6 Å². The first kappa shape index (κ1) is 18.8. The molecular formula is C17H22N2O6S. The van der Waals surface area contributed by atoms with E-state index in [-0.39, 0.29) is 23.5 Å². The molecule has 2 aliphatic rings. The molecule has 9 heteroatoms. The van der Waals surface area contributed by atoms with Crippen molar-refractivity contribution in [2.75, 3.05) is 19.8 Å². The van der Waals surface area contributed by atoms with E-state index in [4.69, 9.17) is 9.84 Å². The van der Waals surface area contributed by atoms with Gasteiger partial charge in [-0.25, -0.2) is 13.1 Å². The minimum Gasteiger partial charge on any atom is -0.481 e. The topological polar surface area (TPSA) is 122 Å². The Balaban J connectivity index is 1.74. The van der Waals surface area contributed by atoms with Gasteiger partial charge in [-0.3, -0.25) is 9.59 Å². The Hall–Kier alpha value is -1.97. The summed E-state index contributed by atoms with van der Waals surface area (Å²) in [6.45, 7) is 0.886. The number of carbonyl (C=O) groups is 2. The molecule has 1 atom stereocenters. The number of nitrogens with one attached hydrogen (secondary N) is 2. The Kier molecular flexibility index (Phi) is 5.31. The summed E-state index contributed by atoms with van der Waals surface area (Å²) in [7, 11) is -3.68. The highest BCUT2D eigenvalue weighted by atomic mass is 32.2. The van der Waals surface area contributed by atoms with E-state index in [9.17, 15) is 18.0 Å². The zero-order valence-corrected chi connectivity index (χ0v) is 15.0. The lowest BCUT2D eigenvalue weighted by Crippen LogP contribution is -2.50. The van der Waals surface area contributed by atoms with Gasteiger partial charge in [0.25, 0.3) is 5.91 Å². The summed E-state index contributed by atoms with van der Waals surface area (Å²) >= 11 is 0. The number of rotatable bonds is 8. The summed E-state index contributed by atoms with van der Waals surface area (Å²) in [5.41, 5.74) is -0.807. The van der Waals surface area contributed by atoms with Crippen molar-refractivity contribution in [1.29, 1.82) is 0 Å². The second-order valence-corrected chi connectivity index (χ2v) is 8.70. The second kappa shape index (κ2) is 7.34. The van der Waals surface area contributed by atoms with E-state index in [1.54, 1.807) is 0 Å². The van der Waals surface area contributed by atoms with Crippen LogP contribution >= 0.6 is 0 Å². The van der Waals surface area contributed by atoms with E-state index in [0.717, 1.165) is 12.8 Å². The van der Waals surface area contributed by atoms with Gasteiger partial charge >= 0.3 is 5.97 Å². The number of sulfonamides is 1. The molecule has 142 valence electrons. The highest BCUT2D eigenvalue weighted by Gasteiger charge is 2.39. The van der Waals surface area contributed by atoms with Crippen LogP contribution < -0.4 is 10.0 Å². The molecule has 1 unspecified atom stereocenters. The van der Waals surface area contributed by atoms with Gasteiger partial charge in [0.05, 0.1) is 23.5 Å². The molecule has 1 amide bonds. The van der Waals surface area contributed by atoms with Crippen LogP contribution in [0.5, 0.6) is 0 Å². The largest absolute Gasteiger partial charge is 0.481 e. The molecule has 1 saturated heterocycles. The van der Waals surface area contributed by atoms with Gasteiger partial charge in [0, 0.05) is 18.7 Å². The van der Waals surface area contributed by atoms with Crippen molar-refractivity contribution in [2.24, 2.45) is 5.92 Å². The average molecular weight is 382 g/mol. The number of hydrogen-bond acceptors (Lipinski definition) is 5. The molecule has 0 radical (unpaired) electrons. The van der Waals surface area contributed by atoms with Gasteiger partial charge in [0.1, 0.15) is 0 Å². The summed E-state index contributed by atoms with van der Waals surface area (Å²) in [6, 6.07) is 5.72. The Morgan fingerprint density at radius 2 is 2.08 bits per heavy atom. The fraction of sp³-hybridized carbons (Fsp3) is 0.529. The lowest BCUT2D eigenvalue weighted by Gasteiger charge is -2.27. The quantitative estimate of drug-likeness (QED) is 0.610. The molecule has 0 aromatic heterocycles. The number of hydrogen-bond donors (Lipinski definition) is 3. The molecule has 1 aromatic rings. The van der Waals surface area contributed by atoms with Gasteiger partial charge in [0.2, 0.25) is 10.0 Å². The zero-order valence-electron chi connectivity index (χ0n) is 14.2. The van der Waals surface area contributed by atoms with E-state index in [0.29, 0.717) is 25.5 Å². The fourth-order valence-corrected chi connectivity index (χ4v) is 4.09. The van der Waals surface area contributed by atoms with E-state index < -0.39 is 27.4 Å². The molecule has 3 N–H and O–H groups in total. The molecule has 1 aliphatic carbocycles. The standard InChI is InChI=1S/C17H22N2O6S/c20-15(21)9-17(6-7-25-11-17)19-16(22)13-2-1-3-14(8-13)26(23,24)18-10-12-4-5-12/h1-3,8,12,18H,4-7,9-11H2,(H,19,22)(H,20,21). The minimum atomic E-state index is -3.68. The van der Waals surface area contributed by atoms with Crippen LogP contribution in [0.4, 0.5) is 0 Å². The van der Waals surface area contributed by atoms with Crippen LogP contribution in [0.15, 0.2) is 29.2 Å². The summed E-state index contributed by atoms with van der Waals surface area (Å²) in [6.07, 6.45) is 2.20. The monoisotopic (exact) mass is 382 g/mol. The van der Waals surface area contributed by atoms with Gasteiger partial charge < -0.3 is 15.2 Å². The van der Waals surface area contributed by atoms with Gasteiger partial charge in [-0.15, -0.1) is 0 Å². The highest BCUT2D eigenvalue weighted by molar-refractivity contribution is 7.89. The van der Waals surface area contributed by atoms with Crippen molar-refractivity contribution in [1.82, 2.24) is 10.0 Å². The lowest BCUT2D eigenvalue weighted by molar-refractivity contribution is -0.138. The number of ether oxygens (including phenoxy) is 1. The maximum absolute atomic E-state index is 12.6. The van der Waals surface area contributed by atoms with Gasteiger partial charge in [-0.2, -0.15) is 0 Å². The Bertz CT molecular complexity index is 797. The molecule has 2 fully saturated rings. The number of benzene rings is 1. The van der Waals surface area contributed by atoms with E-state index in [1.165, 1.54) is 24.3 Å². The lowest BCUT2D eigenvalue weighted by atomic mass is 9.94. The van der Waals surface area contributed by atoms with Crippen LogP contribution in [-0.4, -0.2) is 50.7 Å². The van der Waals surface area contributed by atoms with Crippen LogP contribution in [0.3, 0.4) is 0 Å². The molecule has 1 aliphatic heterocycles. The van der Waals surface area contributed by atoms with E-state index in [1.807, 2.05) is 0 Å². The number of carboxylic acids is 1. The highest BCUT2D eigenvalue weighted by Crippen LogP contribution is 2.28. The number of aliphatic carboxylic acids is 1. The fourth-order valence-electron chi connectivity index (χ4n) is 2.93. The Labute approximate surface area is 152 Å². The normalized spacial score (nSPS) is 22.9. The third-order valence-corrected chi connectivity index (χ3v) is 6.06. The molecule has 3 rings (SSSR count). The molecule has 1 aromatic carbocycles. The molecule has 8 nitrogen and oxygen atoms in total. The van der Waals surface area contributed by atoms with Crippen LogP contribution in [0.25, 0.3) is 0 Å². The zero-order chi connectivity index (χ0) is 18.8. The molecule has 26 heavy (non-hydrogen) atoms. The first-order chi connectivity index (χ1) is 12.3. The number of carboxylic acid groups (broad SMARTS) is 1. The van der Waals surface area contributed by atoms with Crippen molar-refractivity contribution in [3.63, 3.8) is 0 Å². The number of carbonyl (C=O) groups excluding carboxylic acids is 1. The average Bonchev–Trinajstić information content (AvgIpc) is 3.32. The SMILES string of the molecule is O=C(O)CC1(NC(=O)c2cccc(S(=O)(=O)NCC3CC3)c2)CCOC1. The third-order valence-electron chi connectivity index (χ3n) is 4.64. The van der Waals surface area contributed by atoms with Crippen LogP contribution in [0.2, 0.25) is 0 Å². The predicted octanol–water partition coefficient (Wildman–Crippen LogP) is 0.738. The third kappa shape index (κ3) is 4.60. The van der Waals surface area contributed by atoms with Crippen LogP contribution in [0.1, 0.15) is 36.0 Å². The van der Waals surface area contributed by atoms with E-state index in [2.05, 4.69) is 10.0 Å². The van der Waals surface area contributed by atoms with Gasteiger partial charge in [-0.05, 0) is 43.4 Å². The number of amides is 1. The van der Waals surface area contributed by atoms with Crippen molar-refractivity contribution >= 4 is 21.9 Å². The molecule has 0 spiro atoms. The Morgan fingerprint density at radius 3 is 2.69 bits per heavy atom. The van der Waals surface area contributed by atoms with Gasteiger partial charge in [0.15, 0.2) is 0 Å². The predicted molar refractivity (Wildman–Crippen MR) is 92.2 cm³/mol. The van der Waals surface area contributed by atoms with Crippen LogP contribution in [0, 0.1) is 5.92 Å². The van der Waals surface area contributed by atoms with Crippen molar-refractivity contribution in [2.45, 2.75) is 36.1 Å². The smallest absolute Gasteiger partial charge is 0.305 e. The van der Waals surface area contributed by atoms with E-state index >= 15 is 0 Å². The first-order valence-electron chi connectivity index (χ1n) is 8.51. The Morgan fingerprint density at radius 1 is 1.31 bits per heavy atom. The van der Waals surface area contributed by atoms with Crippen molar-refractivity contribution in [3.8, 4) is 0 Å². The van der Waals surface area contributed by atoms with Crippen molar-refractivity contribution < 1.29 is 27.9 Å². The summed E-state index contributed by atoms with van der Waals surface area (Å²) in [4.78, 5) is 23.7. The minimum absolute atomic E-state index is 0.0146. The van der Waals surface area contributed by atoms with Crippen molar-refractivity contribution in [3.05, 3.63) is 29.8 Å². The maximum Gasteiger partial charge on any atom is 0.305 e. The molecule has 0 bridgehead atoms. The molecule has 1 heterocycles. The maximum atomic E-state index is 12.6. The second-order valence-electron chi connectivity index (χ2n) is 6.93. The first-order valence-corrected chi connectivity index (χ1v) is 10.00. The molecular weight excluding hydrogens is 360 g/mol.